The Morgan fingerprint density at radius 3 is 2.45 bits per heavy atom. The minimum absolute atomic E-state index is 0.120. The first-order valence-electron chi connectivity index (χ1n) is 6.87. The van der Waals surface area contributed by atoms with E-state index in [1.165, 1.54) is 0 Å². The van der Waals surface area contributed by atoms with Crippen molar-refractivity contribution >= 4 is 17.3 Å². The van der Waals surface area contributed by atoms with Crippen LogP contribution >= 0.6 is 0 Å². The number of carbonyl (C=O) groups is 1. The summed E-state index contributed by atoms with van der Waals surface area (Å²) in [7, 11) is 1.59. The summed E-state index contributed by atoms with van der Waals surface area (Å²) in [6, 6.07) is 17.0. The van der Waals surface area contributed by atoms with E-state index >= 15 is 0 Å². The fraction of sp³-hybridized carbons (Fsp3) is 0.118. The Hall–Kier alpha value is -2.95. The van der Waals surface area contributed by atoms with Gasteiger partial charge in [-0.1, -0.05) is 49.0 Å². The fourth-order valence-electron chi connectivity index (χ4n) is 1.87. The molecule has 0 aliphatic heterocycles. The number of para-hydroxylation sites is 2. The Kier molecular flexibility index (Phi) is 5.43. The van der Waals surface area contributed by atoms with Crippen LogP contribution in [0.2, 0.25) is 0 Å². The van der Waals surface area contributed by atoms with E-state index in [1.54, 1.807) is 7.11 Å². The van der Waals surface area contributed by atoms with Crippen LogP contribution < -0.4 is 20.9 Å². The largest absolute Gasteiger partial charge is 0.495 e. The Balaban J connectivity index is 1.80. The van der Waals surface area contributed by atoms with Gasteiger partial charge in [0.2, 0.25) is 0 Å². The Bertz CT molecular complexity index is 641. The highest BCUT2D eigenvalue weighted by molar-refractivity contribution is 5.82. The Morgan fingerprint density at radius 1 is 1.05 bits per heavy atom. The number of methoxy groups -OCH3 is 1. The molecule has 0 atom stereocenters. The number of hydrogen-bond acceptors (Lipinski definition) is 4. The second kappa shape index (κ2) is 7.73. The SMILES string of the molecule is C=C(NNC(=O)CNc1ccccc1OC)c1ccccc1. The van der Waals surface area contributed by atoms with E-state index in [0.29, 0.717) is 11.4 Å². The van der Waals surface area contributed by atoms with Crippen LogP contribution in [-0.2, 0) is 4.79 Å². The molecular weight excluding hydrogens is 278 g/mol. The zero-order valence-electron chi connectivity index (χ0n) is 12.4. The van der Waals surface area contributed by atoms with Gasteiger partial charge < -0.3 is 10.1 Å². The molecule has 22 heavy (non-hydrogen) atoms. The zero-order valence-corrected chi connectivity index (χ0v) is 12.4. The number of benzene rings is 2. The maximum Gasteiger partial charge on any atom is 0.257 e. The topological polar surface area (TPSA) is 62.4 Å². The maximum atomic E-state index is 11.8. The minimum Gasteiger partial charge on any atom is -0.495 e. The summed E-state index contributed by atoms with van der Waals surface area (Å²) in [6.07, 6.45) is 0. The molecule has 114 valence electrons. The van der Waals surface area contributed by atoms with Crippen molar-refractivity contribution in [2.75, 3.05) is 19.0 Å². The molecule has 3 N–H and O–H groups in total. The summed E-state index contributed by atoms with van der Waals surface area (Å²) in [5.74, 6) is 0.486. The van der Waals surface area contributed by atoms with E-state index in [1.807, 2.05) is 54.6 Å². The van der Waals surface area contributed by atoms with Gasteiger partial charge in [0.1, 0.15) is 5.75 Å². The van der Waals surface area contributed by atoms with Crippen molar-refractivity contribution in [2.45, 2.75) is 0 Å². The zero-order chi connectivity index (χ0) is 15.8. The van der Waals surface area contributed by atoms with Crippen LogP contribution in [0.3, 0.4) is 0 Å². The first-order chi connectivity index (χ1) is 10.7. The number of rotatable bonds is 7. The monoisotopic (exact) mass is 297 g/mol. The van der Waals surface area contributed by atoms with Gasteiger partial charge in [0.25, 0.3) is 5.91 Å². The lowest BCUT2D eigenvalue weighted by molar-refractivity contribution is -0.120. The lowest BCUT2D eigenvalue weighted by Crippen LogP contribution is -2.39. The molecule has 0 heterocycles. The van der Waals surface area contributed by atoms with Crippen molar-refractivity contribution in [1.82, 2.24) is 10.9 Å². The van der Waals surface area contributed by atoms with Gasteiger partial charge >= 0.3 is 0 Å². The van der Waals surface area contributed by atoms with Gasteiger partial charge in [-0.25, -0.2) is 0 Å². The number of hydrogen-bond donors (Lipinski definition) is 3. The molecular formula is C17H19N3O2. The molecule has 0 spiro atoms. The third-order valence-electron chi connectivity index (χ3n) is 3.02. The third kappa shape index (κ3) is 4.28. The third-order valence-corrected chi connectivity index (χ3v) is 3.02. The second-order valence-electron chi connectivity index (χ2n) is 4.57. The van der Waals surface area contributed by atoms with E-state index in [2.05, 4.69) is 22.7 Å². The fourth-order valence-corrected chi connectivity index (χ4v) is 1.87. The summed E-state index contributed by atoms with van der Waals surface area (Å²) in [5.41, 5.74) is 7.71. The van der Waals surface area contributed by atoms with Crippen LogP contribution in [0, 0.1) is 0 Å². The first-order valence-corrected chi connectivity index (χ1v) is 6.87. The summed E-state index contributed by atoms with van der Waals surface area (Å²) in [5, 5.41) is 3.02. The van der Waals surface area contributed by atoms with Crippen LogP contribution in [0.25, 0.3) is 5.70 Å². The summed E-state index contributed by atoms with van der Waals surface area (Å²) in [6.45, 7) is 4.00. The normalized spacial score (nSPS) is 9.68. The van der Waals surface area contributed by atoms with Crippen molar-refractivity contribution in [3.8, 4) is 5.75 Å². The van der Waals surface area contributed by atoms with E-state index in [0.717, 1.165) is 11.3 Å². The average molecular weight is 297 g/mol. The number of nitrogens with one attached hydrogen (secondary N) is 3. The van der Waals surface area contributed by atoms with Gasteiger partial charge in [-0.3, -0.25) is 15.6 Å². The molecule has 2 aromatic carbocycles. The molecule has 2 rings (SSSR count). The number of anilines is 1. The minimum atomic E-state index is -0.206. The number of amides is 1. The van der Waals surface area contributed by atoms with Gasteiger partial charge in [0.15, 0.2) is 0 Å². The summed E-state index contributed by atoms with van der Waals surface area (Å²) in [4.78, 5) is 11.8. The van der Waals surface area contributed by atoms with Crippen molar-refractivity contribution < 1.29 is 9.53 Å². The van der Waals surface area contributed by atoms with Crippen LogP contribution in [0.4, 0.5) is 5.69 Å². The highest BCUT2D eigenvalue weighted by Crippen LogP contribution is 2.22. The average Bonchev–Trinajstić information content (AvgIpc) is 2.58. The highest BCUT2D eigenvalue weighted by Gasteiger charge is 2.05. The molecule has 2 aromatic rings. The molecule has 0 fully saturated rings. The number of carbonyl (C=O) groups excluding carboxylic acids is 1. The number of hydrazine groups is 1. The predicted molar refractivity (Wildman–Crippen MR) is 88.2 cm³/mol. The molecule has 5 nitrogen and oxygen atoms in total. The van der Waals surface area contributed by atoms with Crippen molar-refractivity contribution in [2.24, 2.45) is 0 Å². The van der Waals surface area contributed by atoms with Crippen molar-refractivity contribution in [3.05, 3.63) is 66.7 Å². The molecule has 0 aliphatic carbocycles. The van der Waals surface area contributed by atoms with Crippen LogP contribution in [-0.4, -0.2) is 19.6 Å². The predicted octanol–water partition coefficient (Wildman–Crippen LogP) is 2.40. The summed E-state index contributed by atoms with van der Waals surface area (Å²) < 4.78 is 5.21. The Morgan fingerprint density at radius 2 is 1.73 bits per heavy atom. The first kappa shape index (κ1) is 15.4. The lowest BCUT2D eigenvalue weighted by atomic mass is 10.2. The second-order valence-corrected chi connectivity index (χ2v) is 4.57. The van der Waals surface area contributed by atoms with Gasteiger partial charge in [0, 0.05) is 0 Å². The van der Waals surface area contributed by atoms with Crippen LogP contribution in [0.1, 0.15) is 5.56 Å². The van der Waals surface area contributed by atoms with E-state index in [9.17, 15) is 4.79 Å². The van der Waals surface area contributed by atoms with Crippen LogP contribution in [0.15, 0.2) is 61.2 Å². The maximum absolute atomic E-state index is 11.8. The standard InChI is InChI=1S/C17H19N3O2/c1-13(14-8-4-3-5-9-14)19-20-17(21)12-18-15-10-6-7-11-16(15)22-2/h3-11,18-19H,1,12H2,2H3,(H,20,21). The van der Waals surface area contributed by atoms with E-state index < -0.39 is 0 Å². The van der Waals surface area contributed by atoms with Crippen molar-refractivity contribution in [1.29, 1.82) is 0 Å². The molecule has 0 radical (unpaired) electrons. The molecule has 0 bridgehead atoms. The quantitative estimate of drug-likeness (QED) is 0.687. The smallest absolute Gasteiger partial charge is 0.257 e. The lowest BCUT2D eigenvalue weighted by Gasteiger charge is -2.13. The van der Waals surface area contributed by atoms with Gasteiger partial charge in [-0.2, -0.15) is 0 Å². The Labute approximate surface area is 130 Å². The molecule has 0 aromatic heterocycles. The molecule has 0 saturated heterocycles. The molecule has 0 saturated carbocycles. The molecule has 0 aliphatic rings. The molecule has 5 heteroatoms. The van der Waals surface area contributed by atoms with E-state index in [4.69, 9.17) is 4.74 Å². The molecule has 0 unspecified atom stereocenters. The van der Waals surface area contributed by atoms with Gasteiger partial charge in [0.05, 0.1) is 25.0 Å². The number of ether oxygens (including phenoxy) is 1. The van der Waals surface area contributed by atoms with E-state index in [-0.39, 0.29) is 12.5 Å². The van der Waals surface area contributed by atoms with Crippen LogP contribution in [0.5, 0.6) is 5.75 Å². The highest BCUT2D eigenvalue weighted by atomic mass is 16.5. The van der Waals surface area contributed by atoms with Crippen molar-refractivity contribution in [3.63, 3.8) is 0 Å². The molecule has 1 amide bonds. The summed E-state index contributed by atoms with van der Waals surface area (Å²) >= 11 is 0. The van der Waals surface area contributed by atoms with Gasteiger partial charge in [-0.15, -0.1) is 0 Å². The van der Waals surface area contributed by atoms with Gasteiger partial charge in [-0.05, 0) is 17.7 Å².